The van der Waals surface area contributed by atoms with E-state index in [1.807, 2.05) is 12.1 Å². The molecule has 0 unspecified atom stereocenters. The third kappa shape index (κ3) is 3.19. The van der Waals surface area contributed by atoms with E-state index in [0.29, 0.717) is 37.2 Å². The topological polar surface area (TPSA) is 46.2 Å². The van der Waals surface area contributed by atoms with Crippen LogP contribution in [-0.2, 0) is 18.9 Å². The van der Waals surface area contributed by atoms with Crippen LogP contribution in [0.4, 0.5) is 0 Å². The van der Waals surface area contributed by atoms with Gasteiger partial charge in [0.2, 0.25) is 0 Å². The Kier molecular flexibility index (Phi) is 4.20. The van der Waals surface area contributed by atoms with Crippen molar-refractivity contribution in [3.63, 3.8) is 0 Å². The monoisotopic (exact) mass is 286 g/mol. The minimum absolute atomic E-state index is 0.469. The molecular weight excluding hydrogens is 272 g/mol. The lowest BCUT2D eigenvalue weighted by Crippen LogP contribution is -2.43. The number of halogens is 1. The van der Waals surface area contributed by atoms with Gasteiger partial charge in [-0.25, -0.2) is 0 Å². The molecule has 2 fully saturated rings. The fourth-order valence-electron chi connectivity index (χ4n) is 2.07. The third-order valence-corrected chi connectivity index (χ3v) is 3.13. The number of hydrogen-bond acceptors (Lipinski definition) is 5. The molecule has 0 aromatic heterocycles. The van der Waals surface area contributed by atoms with E-state index in [0.717, 1.165) is 0 Å². The highest BCUT2D eigenvalue weighted by Crippen LogP contribution is 2.25. The van der Waals surface area contributed by atoms with Crippen molar-refractivity contribution < 1.29 is 23.7 Å². The Morgan fingerprint density at radius 2 is 1.58 bits per heavy atom. The van der Waals surface area contributed by atoms with Crippen LogP contribution in [0.3, 0.4) is 0 Å². The zero-order valence-electron chi connectivity index (χ0n) is 10.3. The molecule has 104 valence electrons. The highest BCUT2D eigenvalue weighted by molar-refractivity contribution is 6.30. The Hall–Kier alpha value is -0.850. The van der Waals surface area contributed by atoms with Gasteiger partial charge in [-0.1, -0.05) is 17.7 Å². The van der Waals surface area contributed by atoms with Crippen molar-refractivity contribution in [2.24, 2.45) is 0 Å². The molecular formula is C13H15ClO5. The summed E-state index contributed by atoms with van der Waals surface area (Å²) in [6, 6.07) is 7.16. The maximum absolute atomic E-state index is 5.94. The summed E-state index contributed by atoms with van der Waals surface area (Å²) in [6.07, 6.45) is -1.44. The van der Waals surface area contributed by atoms with Gasteiger partial charge in [0.25, 0.3) is 0 Å². The second kappa shape index (κ2) is 6.07. The van der Waals surface area contributed by atoms with Crippen LogP contribution in [0.2, 0.25) is 5.02 Å². The quantitative estimate of drug-likeness (QED) is 0.845. The van der Waals surface area contributed by atoms with E-state index in [4.69, 9.17) is 35.3 Å². The Morgan fingerprint density at radius 3 is 2.11 bits per heavy atom. The van der Waals surface area contributed by atoms with Crippen LogP contribution in [0.5, 0.6) is 5.75 Å². The Balaban J connectivity index is 1.74. The lowest BCUT2D eigenvalue weighted by Gasteiger charge is -2.27. The molecule has 2 heterocycles. The minimum Gasteiger partial charge on any atom is -0.480 e. The lowest BCUT2D eigenvalue weighted by atomic mass is 10.3. The smallest absolute Gasteiger partial charge is 0.200 e. The van der Waals surface area contributed by atoms with E-state index in [1.54, 1.807) is 12.1 Å². The molecule has 0 radical (unpaired) electrons. The van der Waals surface area contributed by atoms with Crippen molar-refractivity contribution in [1.82, 2.24) is 0 Å². The molecule has 0 bridgehead atoms. The van der Waals surface area contributed by atoms with Gasteiger partial charge in [0, 0.05) is 5.02 Å². The van der Waals surface area contributed by atoms with E-state index in [-0.39, 0.29) is 0 Å². The zero-order valence-corrected chi connectivity index (χ0v) is 11.0. The maximum Gasteiger partial charge on any atom is 0.200 e. The van der Waals surface area contributed by atoms with Crippen LogP contribution in [0, 0.1) is 0 Å². The Labute approximate surface area is 116 Å². The molecule has 0 spiro atoms. The number of benzene rings is 1. The summed E-state index contributed by atoms with van der Waals surface area (Å²) in [7, 11) is 0. The van der Waals surface area contributed by atoms with E-state index in [2.05, 4.69) is 0 Å². The van der Waals surface area contributed by atoms with Gasteiger partial charge >= 0.3 is 0 Å². The first-order chi connectivity index (χ1) is 9.33. The van der Waals surface area contributed by atoms with Crippen molar-refractivity contribution >= 4 is 11.6 Å². The van der Waals surface area contributed by atoms with Crippen molar-refractivity contribution in [3.8, 4) is 5.75 Å². The van der Waals surface area contributed by atoms with Gasteiger partial charge in [-0.15, -0.1) is 0 Å². The molecule has 5 nitrogen and oxygen atoms in total. The van der Waals surface area contributed by atoms with Crippen molar-refractivity contribution in [1.29, 1.82) is 0 Å². The average Bonchev–Trinajstić information content (AvgIpc) is 3.10. The van der Waals surface area contributed by atoms with Gasteiger partial charge in [-0.2, -0.15) is 0 Å². The normalized spacial score (nSPS) is 21.4. The third-order valence-electron chi connectivity index (χ3n) is 2.90. The molecule has 0 aliphatic carbocycles. The van der Waals surface area contributed by atoms with Crippen molar-refractivity contribution in [2.45, 2.75) is 18.7 Å². The first-order valence-corrected chi connectivity index (χ1v) is 6.59. The summed E-state index contributed by atoms with van der Waals surface area (Å²) in [4.78, 5) is 0. The average molecular weight is 287 g/mol. The second-order valence-corrected chi connectivity index (χ2v) is 4.70. The van der Waals surface area contributed by atoms with Gasteiger partial charge in [0.05, 0.1) is 26.4 Å². The second-order valence-electron chi connectivity index (χ2n) is 4.26. The largest absolute Gasteiger partial charge is 0.480 e. The molecule has 3 rings (SSSR count). The summed E-state index contributed by atoms with van der Waals surface area (Å²) in [6.45, 7) is 2.19. The summed E-state index contributed by atoms with van der Waals surface area (Å²) in [5.74, 6) is 0.635. The van der Waals surface area contributed by atoms with Crippen LogP contribution < -0.4 is 4.74 Å². The van der Waals surface area contributed by atoms with E-state index >= 15 is 0 Å². The molecule has 2 aliphatic rings. The predicted molar refractivity (Wildman–Crippen MR) is 67.3 cm³/mol. The van der Waals surface area contributed by atoms with Gasteiger partial charge in [-0.3, -0.25) is 0 Å². The summed E-state index contributed by atoms with van der Waals surface area (Å²) in [5.41, 5.74) is 0. The summed E-state index contributed by atoms with van der Waals surface area (Å²) < 4.78 is 27.8. The highest BCUT2D eigenvalue weighted by Gasteiger charge is 2.39. The van der Waals surface area contributed by atoms with Gasteiger partial charge in [-0.05, 0) is 18.2 Å². The Bertz CT molecular complexity index is 399. The number of ether oxygens (including phenoxy) is 5. The van der Waals surface area contributed by atoms with Crippen LogP contribution in [0.1, 0.15) is 0 Å². The summed E-state index contributed by atoms with van der Waals surface area (Å²) in [5, 5.41) is 0.609. The number of hydrogen-bond donors (Lipinski definition) is 0. The molecule has 1 aromatic rings. The minimum atomic E-state index is -0.484. The lowest BCUT2D eigenvalue weighted by molar-refractivity contribution is -0.197. The van der Waals surface area contributed by atoms with Crippen LogP contribution in [-0.4, -0.2) is 45.1 Å². The molecule has 0 saturated carbocycles. The fraction of sp³-hybridized carbons (Fsp3) is 0.538. The number of rotatable bonds is 4. The van der Waals surface area contributed by atoms with Gasteiger partial charge < -0.3 is 23.7 Å². The molecule has 2 saturated heterocycles. The van der Waals surface area contributed by atoms with E-state index < -0.39 is 18.7 Å². The van der Waals surface area contributed by atoms with Crippen LogP contribution in [0.25, 0.3) is 0 Å². The van der Waals surface area contributed by atoms with Crippen molar-refractivity contribution in [2.75, 3.05) is 26.4 Å². The SMILES string of the molecule is Clc1cccc(OC(C2OCCO2)C2OCCO2)c1. The first kappa shape index (κ1) is 13.1. The molecule has 19 heavy (non-hydrogen) atoms. The van der Waals surface area contributed by atoms with Gasteiger partial charge in [0.1, 0.15) is 5.75 Å². The highest BCUT2D eigenvalue weighted by atomic mass is 35.5. The predicted octanol–water partition coefficient (Wildman–Crippen LogP) is 1.83. The van der Waals surface area contributed by atoms with Crippen LogP contribution >= 0.6 is 11.6 Å². The first-order valence-electron chi connectivity index (χ1n) is 6.21. The molecule has 6 heteroatoms. The standard InChI is InChI=1S/C13H15ClO5/c14-9-2-1-3-10(8-9)19-11(12-15-4-5-16-12)13-17-6-7-18-13/h1-3,8,11-13H,4-7H2. The molecule has 0 N–H and O–H groups in total. The molecule has 0 atom stereocenters. The Morgan fingerprint density at radius 1 is 1.00 bits per heavy atom. The van der Waals surface area contributed by atoms with Crippen LogP contribution in [0.15, 0.2) is 24.3 Å². The zero-order chi connectivity index (χ0) is 13.1. The summed E-state index contributed by atoms with van der Waals surface area (Å²) >= 11 is 5.94. The fourth-order valence-corrected chi connectivity index (χ4v) is 2.25. The van der Waals surface area contributed by atoms with Crippen molar-refractivity contribution in [3.05, 3.63) is 29.3 Å². The molecule has 1 aromatic carbocycles. The molecule has 2 aliphatic heterocycles. The molecule has 0 amide bonds. The maximum atomic E-state index is 5.94. The van der Waals surface area contributed by atoms with E-state index in [9.17, 15) is 0 Å². The van der Waals surface area contributed by atoms with E-state index in [1.165, 1.54) is 0 Å². The van der Waals surface area contributed by atoms with Gasteiger partial charge in [0.15, 0.2) is 18.7 Å².